The largest absolute Gasteiger partial charge is 0.381 e. The second kappa shape index (κ2) is 8.99. The van der Waals surface area contributed by atoms with E-state index >= 15 is 0 Å². The molecule has 22 heavy (non-hydrogen) atoms. The van der Waals surface area contributed by atoms with Crippen LogP contribution in [0.5, 0.6) is 0 Å². The minimum absolute atomic E-state index is 0.674. The normalized spacial score (nSPS) is 33.3. The van der Waals surface area contributed by atoms with Crippen LogP contribution < -0.4 is 5.32 Å². The van der Waals surface area contributed by atoms with Crippen molar-refractivity contribution < 1.29 is 0 Å². The number of allylic oxidation sites excluding steroid dienone is 1. The van der Waals surface area contributed by atoms with Crippen molar-refractivity contribution in [2.45, 2.75) is 89.9 Å². The molecule has 2 fully saturated rings. The standard InChI is InChI=1S/C21H35N/c1-3-7-11-18(12-8-4-1)20-15-16-22-17-21(20)19-13-9-5-2-6-10-14-19/h15-16,18-22H,1-14H2. The van der Waals surface area contributed by atoms with Crippen LogP contribution in [0.2, 0.25) is 0 Å². The zero-order valence-corrected chi connectivity index (χ0v) is 14.4. The van der Waals surface area contributed by atoms with Gasteiger partial charge in [-0.3, -0.25) is 0 Å². The molecule has 1 heteroatoms. The van der Waals surface area contributed by atoms with Crippen molar-refractivity contribution in [2.75, 3.05) is 0 Å². The molecule has 124 valence electrons. The third-order valence-electron chi connectivity index (χ3n) is 6.42. The Kier molecular flexibility index (Phi) is 6.70. The van der Waals surface area contributed by atoms with Crippen molar-refractivity contribution in [3.8, 4) is 0 Å². The Hall–Kier alpha value is -0.460. The Morgan fingerprint density at radius 2 is 1.14 bits per heavy atom. The molecule has 3 aliphatic rings. The van der Waals surface area contributed by atoms with E-state index in [1.54, 1.807) is 0 Å². The molecule has 2 radical (unpaired) electrons. The van der Waals surface area contributed by atoms with Gasteiger partial charge in [-0.05, 0) is 42.7 Å². The van der Waals surface area contributed by atoms with Gasteiger partial charge in [-0.25, -0.2) is 0 Å². The monoisotopic (exact) mass is 301 g/mol. The van der Waals surface area contributed by atoms with Gasteiger partial charge in [-0.2, -0.15) is 0 Å². The molecular formula is C21H35N. The SMILES string of the molecule is [C]1NC=CC(C2CCCCCCC2)C1C1CCCCCCC1. The summed E-state index contributed by atoms with van der Waals surface area (Å²) in [6, 6.07) is 0. The predicted octanol–water partition coefficient (Wildman–Crippen LogP) is 6.10. The van der Waals surface area contributed by atoms with Gasteiger partial charge in [-0.15, -0.1) is 0 Å². The van der Waals surface area contributed by atoms with Gasteiger partial charge in [0.25, 0.3) is 0 Å². The lowest BCUT2D eigenvalue weighted by Gasteiger charge is -2.39. The quantitative estimate of drug-likeness (QED) is 0.650. The maximum Gasteiger partial charge on any atom is 0.0919 e. The smallest absolute Gasteiger partial charge is 0.0919 e. The highest BCUT2D eigenvalue weighted by Gasteiger charge is 2.34. The van der Waals surface area contributed by atoms with Crippen molar-refractivity contribution in [3.05, 3.63) is 18.8 Å². The van der Waals surface area contributed by atoms with E-state index in [0.717, 1.165) is 17.8 Å². The van der Waals surface area contributed by atoms with Gasteiger partial charge in [-0.1, -0.05) is 83.1 Å². The highest BCUT2D eigenvalue weighted by Crippen LogP contribution is 2.42. The maximum absolute atomic E-state index is 3.68. The Morgan fingerprint density at radius 1 is 0.636 bits per heavy atom. The molecule has 2 unspecified atom stereocenters. The summed E-state index contributed by atoms with van der Waals surface area (Å²) in [5.74, 6) is 3.24. The van der Waals surface area contributed by atoms with Crippen molar-refractivity contribution in [3.63, 3.8) is 0 Å². The van der Waals surface area contributed by atoms with Crippen LogP contribution in [-0.2, 0) is 0 Å². The molecule has 1 heterocycles. The van der Waals surface area contributed by atoms with Crippen LogP contribution in [0.25, 0.3) is 0 Å². The molecule has 0 aromatic rings. The third-order valence-corrected chi connectivity index (χ3v) is 6.42. The lowest BCUT2D eigenvalue weighted by molar-refractivity contribution is 0.165. The van der Waals surface area contributed by atoms with Crippen LogP contribution in [0, 0.1) is 30.2 Å². The van der Waals surface area contributed by atoms with Gasteiger partial charge in [0.05, 0.1) is 6.54 Å². The molecule has 2 saturated carbocycles. The first kappa shape index (κ1) is 16.4. The fourth-order valence-corrected chi connectivity index (χ4v) is 5.12. The third kappa shape index (κ3) is 4.52. The first-order chi connectivity index (χ1) is 10.9. The summed E-state index contributed by atoms with van der Waals surface area (Å²) in [6.07, 6.45) is 25.1. The van der Waals surface area contributed by atoms with E-state index in [-0.39, 0.29) is 0 Å². The van der Waals surface area contributed by atoms with Crippen molar-refractivity contribution in [2.24, 2.45) is 23.7 Å². The van der Waals surface area contributed by atoms with Crippen LogP contribution in [0.15, 0.2) is 12.3 Å². The molecule has 1 nitrogen and oxygen atoms in total. The predicted molar refractivity (Wildman–Crippen MR) is 94.1 cm³/mol. The topological polar surface area (TPSA) is 12.0 Å². The molecule has 3 rings (SSSR count). The molecule has 1 aliphatic heterocycles. The van der Waals surface area contributed by atoms with Crippen LogP contribution >= 0.6 is 0 Å². The van der Waals surface area contributed by atoms with Gasteiger partial charge >= 0.3 is 0 Å². The van der Waals surface area contributed by atoms with Gasteiger partial charge in [0.1, 0.15) is 0 Å². The van der Waals surface area contributed by atoms with Crippen LogP contribution in [0.4, 0.5) is 0 Å². The average Bonchev–Trinajstić information content (AvgIpc) is 2.47. The molecule has 2 atom stereocenters. The Morgan fingerprint density at radius 3 is 1.73 bits per heavy atom. The summed E-state index contributed by atoms with van der Waals surface area (Å²) in [6.45, 7) is 3.68. The highest BCUT2D eigenvalue weighted by atomic mass is 14.9. The summed E-state index contributed by atoms with van der Waals surface area (Å²) in [7, 11) is 0. The molecule has 0 spiro atoms. The van der Waals surface area contributed by atoms with E-state index in [1.807, 2.05) is 0 Å². The Labute approximate surface area is 138 Å². The Balaban J connectivity index is 1.65. The van der Waals surface area contributed by atoms with Crippen LogP contribution in [-0.4, -0.2) is 0 Å². The molecular weight excluding hydrogens is 266 g/mol. The molecule has 0 aromatic carbocycles. The summed E-state index contributed by atoms with van der Waals surface area (Å²) in [4.78, 5) is 0. The second-order valence-corrected chi connectivity index (χ2v) is 7.96. The van der Waals surface area contributed by atoms with E-state index in [4.69, 9.17) is 0 Å². The fraction of sp³-hybridized carbons (Fsp3) is 0.857. The van der Waals surface area contributed by atoms with E-state index in [9.17, 15) is 0 Å². The number of hydrogen-bond donors (Lipinski definition) is 1. The van der Waals surface area contributed by atoms with Gasteiger partial charge in [0, 0.05) is 0 Å². The zero-order chi connectivity index (χ0) is 15.0. The van der Waals surface area contributed by atoms with Crippen molar-refractivity contribution >= 4 is 0 Å². The second-order valence-electron chi connectivity index (χ2n) is 7.96. The minimum atomic E-state index is 0.674. The van der Waals surface area contributed by atoms with Gasteiger partial charge < -0.3 is 5.32 Å². The molecule has 1 N–H and O–H groups in total. The summed E-state index contributed by atoms with van der Waals surface area (Å²) < 4.78 is 0. The summed E-state index contributed by atoms with van der Waals surface area (Å²) in [5.41, 5.74) is 0. The van der Waals surface area contributed by atoms with E-state index in [0.29, 0.717) is 5.92 Å². The fourth-order valence-electron chi connectivity index (χ4n) is 5.12. The zero-order valence-electron chi connectivity index (χ0n) is 14.4. The van der Waals surface area contributed by atoms with E-state index in [2.05, 4.69) is 24.1 Å². The number of hydrogen-bond acceptors (Lipinski definition) is 1. The first-order valence-electron chi connectivity index (χ1n) is 10.1. The molecule has 0 aromatic heterocycles. The minimum Gasteiger partial charge on any atom is -0.381 e. The first-order valence-corrected chi connectivity index (χ1v) is 10.1. The lowest BCUT2D eigenvalue weighted by atomic mass is 9.67. The molecule has 0 amide bonds. The summed E-state index contributed by atoms with van der Waals surface area (Å²) in [5, 5.41) is 3.33. The van der Waals surface area contributed by atoms with E-state index in [1.165, 1.54) is 89.9 Å². The molecule has 0 bridgehead atoms. The van der Waals surface area contributed by atoms with Gasteiger partial charge in [0.15, 0.2) is 0 Å². The van der Waals surface area contributed by atoms with E-state index < -0.39 is 0 Å². The van der Waals surface area contributed by atoms with Crippen molar-refractivity contribution in [1.82, 2.24) is 5.32 Å². The Bertz CT molecular complexity index is 319. The van der Waals surface area contributed by atoms with Crippen LogP contribution in [0.1, 0.15) is 89.9 Å². The van der Waals surface area contributed by atoms with Crippen molar-refractivity contribution in [1.29, 1.82) is 0 Å². The van der Waals surface area contributed by atoms with Gasteiger partial charge in [0.2, 0.25) is 0 Å². The lowest BCUT2D eigenvalue weighted by Crippen LogP contribution is -2.35. The maximum atomic E-state index is 3.68. The number of nitrogens with one attached hydrogen (secondary N) is 1. The molecule has 2 aliphatic carbocycles. The average molecular weight is 302 g/mol. The highest BCUT2D eigenvalue weighted by molar-refractivity contribution is 5.05. The molecule has 0 saturated heterocycles. The summed E-state index contributed by atoms with van der Waals surface area (Å²) >= 11 is 0. The number of rotatable bonds is 2. The van der Waals surface area contributed by atoms with Crippen LogP contribution in [0.3, 0.4) is 0 Å².